The molecule has 2 nitrogen and oxygen atoms in total. The molecule has 0 amide bonds. The molecule has 1 N–H and O–H groups in total. The quantitative estimate of drug-likeness (QED) is 0.794. The molecule has 0 atom stereocenters. The second-order valence-electron chi connectivity index (χ2n) is 5.24. The number of hydrogen-bond donors (Lipinski definition) is 1. The van der Waals surface area contributed by atoms with Crippen molar-refractivity contribution in [3.05, 3.63) is 71.8 Å². The zero-order valence-corrected chi connectivity index (χ0v) is 13.1. The van der Waals surface area contributed by atoms with Crippen molar-refractivity contribution in [3.8, 4) is 0 Å². The van der Waals surface area contributed by atoms with Crippen LogP contribution in [0.15, 0.2) is 60.7 Å². The number of likely N-dealkylation sites (N-methyl/N-ethyl adjacent to an activating group) is 1. The van der Waals surface area contributed by atoms with Gasteiger partial charge in [0.2, 0.25) is 0 Å². The van der Waals surface area contributed by atoms with Crippen LogP contribution in [0, 0.1) is 0 Å². The summed E-state index contributed by atoms with van der Waals surface area (Å²) in [7, 11) is 0. The highest BCUT2D eigenvalue weighted by molar-refractivity contribution is 5.31. The predicted molar refractivity (Wildman–Crippen MR) is 90.5 cm³/mol. The van der Waals surface area contributed by atoms with E-state index in [1.165, 1.54) is 11.1 Å². The fourth-order valence-corrected chi connectivity index (χ4v) is 2.63. The number of nitrogens with one attached hydrogen (secondary N) is 1. The standard InChI is InChI=1S/C19H26N2/c1-3-21(4-2)16-15-20-19(17-11-7-5-8-12-17)18-13-9-6-10-14-18/h5-14,19-20H,3-4,15-16H2,1-2H3. The lowest BCUT2D eigenvalue weighted by Crippen LogP contribution is -2.34. The first-order valence-electron chi connectivity index (χ1n) is 7.90. The second-order valence-corrected chi connectivity index (χ2v) is 5.24. The van der Waals surface area contributed by atoms with E-state index in [4.69, 9.17) is 0 Å². The second kappa shape index (κ2) is 8.60. The van der Waals surface area contributed by atoms with Crippen molar-refractivity contribution in [2.45, 2.75) is 19.9 Å². The topological polar surface area (TPSA) is 15.3 Å². The Hall–Kier alpha value is -1.64. The summed E-state index contributed by atoms with van der Waals surface area (Å²) in [6, 6.07) is 21.6. The Morgan fingerprint density at radius 3 is 1.71 bits per heavy atom. The number of benzene rings is 2. The van der Waals surface area contributed by atoms with E-state index in [9.17, 15) is 0 Å². The molecule has 21 heavy (non-hydrogen) atoms. The van der Waals surface area contributed by atoms with Gasteiger partial charge in [-0.2, -0.15) is 0 Å². The summed E-state index contributed by atoms with van der Waals surface area (Å²) in [5.41, 5.74) is 2.64. The van der Waals surface area contributed by atoms with Crippen molar-refractivity contribution in [2.75, 3.05) is 26.2 Å². The molecule has 0 fully saturated rings. The summed E-state index contributed by atoms with van der Waals surface area (Å²) in [5, 5.41) is 3.71. The van der Waals surface area contributed by atoms with Crippen LogP contribution in [0.1, 0.15) is 31.0 Å². The highest BCUT2D eigenvalue weighted by Gasteiger charge is 2.12. The molecule has 0 aliphatic heterocycles. The molecule has 0 bridgehead atoms. The van der Waals surface area contributed by atoms with E-state index < -0.39 is 0 Å². The van der Waals surface area contributed by atoms with Crippen LogP contribution in [0.4, 0.5) is 0 Å². The first-order valence-corrected chi connectivity index (χ1v) is 7.90. The minimum atomic E-state index is 0.267. The van der Waals surface area contributed by atoms with Crippen molar-refractivity contribution >= 4 is 0 Å². The average molecular weight is 282 g/mol. The molecular formula is C19H26N2. The highest BCUT2D eigenvalue weighted by Crippen LogP contribution is 2.21. The molecular weight excluding hydrogens is 256 g/mol. The van der Waals surface area contributed by atoms with E-state index in [-0.39, 0.29) is 6.04 Å². The van der Waals surface area contributed by atoms with E-state index in [1.807, 2.05) is 0 Å². The molecule has 0 aliphatic carbocycles. The van der Waals surface area contributed by atoms with Gasteiger partial charge in [0.15, 0.2) is 0 Å². The molecule has 0 radical (unpaired) electrons. The van der Waals surface area contributed by atoms with E-state index in [0.717, 1.165) is 26.2 Å². The Kier molecular flexibility index (Phi) is 6.45. The van der Waals surface area contributed by atoms with Gasteiger partial charge in [-0.05, 0) is 24.2 Å². The number of hydrogen-bond acceptors (Lipinski definition) is 2. The lowest BCUT2D eigenvalue weighted by molar-refractivity contribution is 0.299. The largest absolute Gasteiger partial charge is 0.305 e. The first kappa shape index (κ1) is 15.7. The normalized spacial score (nSPS) is 11.2. The molecule has 112 valence electrons. The minimum Gasteiger partial charge on any atom is -0.305 e. The van der Waals surface area contributed by atoms with Crippen LogP contribution in [0.2, 0.25) is 0 Å². The van der Waals surface area contributed by atoms with Gasteiger partial charge in [-0.25, -0.2) is 0 Å². The minimum absolute atomic E-state index is 0.267. The summed E-state index contributed by atoms with van der Waals surface area (Å²) >= 11 is 0. The van der Waals surface area contributed by atoms with Crippen LogP contribution in [0.3, 0.4) is 0 Å². The molecule has 2 heteroatoms. The van der Waals surface area contributed by atoms with Gasteiger partial charge in [0.05, 0.1) is 6.04 Å². The van der Waals surface area contributed by atoms with E-state index in [0.29, 0.717) is 0 Å². The average Bonchev–Trinajstić information content (AvgIpc) is 2.57. The van der Waals surface area contributed by atoms with Crippen molar-refractivity contribution in [1.82, 2.24) is 10.2 Å². The lowest BCUT2D eigenvalue weighted by atomic mass is 9.99. The van der Waals surface area contributed by atoms with Crippen LogP contribution in [0.5, 0.6) is 0 Å². The fourth-order valence-electron chi connectivity index (χ4n) is 2.63. The molecule has 2 rings (SSSR count). The van der Waals surface area contributed by atoms with Crippen molar-refractivity contribution in [2.24, 2.45) is 0 Å². The Morgan fingerprint density at radius 1 is 0.810 bits per heavy atom. The number of nitrogens with zero attached hydrogens (tertiary/aromatic N) is 1. The number of rotatable bonds is 8. The summed E-state index contributed by atoms with van der Waals surface area (Å²) in [4.78, 5) is 2.44. The maximum Gasteiger partial charge on any atom is 0.0577 e. The van der Waals surface area contributed by atoms with Crippen molar-refractivity contribution in [1.29, 1.82) is 0 Å². The molecule has 0 aromatic heterocycles. The maximum atomic E-state index is 3.71. The maximum absolute atomic E-state index is 3.71. The molecule has 0 saturated carbocycles. The van der Waals surface area contributed by atoms with E-state index in [1.54, 1.807) is 0 Å². The van der Waals surface area contributed by atoms with E-state index in [2.05, 4.69) is 84.7 Å². The van der Waals surface area contributed by atoms with Gasteiger partial charge in [-0.3, -0.25) is 0 Å². The molecule has 2 aromatic rings. The molecule has 0 spiro atoms. The third kappa shape index (κ3) is 4.69. The van der Waals surface area contributed by atoms with Gasteiger partial charge in [0.25, 0.3) is 0 Å². The van der Waals surface area contributed by atoms with Gasteiger partial charge in [-0.1, -0.05) is 74.5 Å². The van der Waals surface area contributed by atoms with Crippen molar-refractivity contribution in [3.63, 3.8) is 0 Å². The smallest absolute Gasteiger partial charge is 0.0577 e. The lowest BCUT2D eigenvalue weighted by Gasteiger charge is -2.23. The zero-order valence-electron chi connectivity index (χ0n) is 13.1. The van der Waals surface area contributed by atoms with Crippen LogP contribution < -0.4 is 5.32 Å². The van der Waals surface area contributed by atoms with Crippen LogP contribution in [0.25, 0.3) is 0 Å². The summed E-state index contributed by atoms with van der Waals surface area (Å²) < 4.78 is 0. The summed E-state index contributed by atoms with van der Waals surface area (Å²) in [6.45, 7) is 8.74. The van der Waals surface area contributed by atoms with Gasteiger partial charge in [0.1, 0.15) is 0 Å². The Labute approximate surface area is 128 Å². The van der Waals surface area contributed by atoms with E-state index >= 15 is 0 Å². The Bertz CT molecular complexity index is 452. The highest BCUT2D eigenvalue weighted by atomic mass is 15.1. The predicted octanol–water partition coefficient (Wildman–Crippen LogP) is 3.71. The van der Waals surface area contributed by atoms with Gasteiger partial charge >= 0.3 is 0 Å². The third-order valence-corrected chi connectivity index (χ3v) is 3.94. The SMILES string of the molecule is CCN(CC)CCNC(c1ccccc1)c1ccccc1. The monoisotopic (exact) mass is 282 g/mol. The first-order chi connectivity index (χ1) is 10.3. The molecule has 0 heterocycles. The molecule has 0 saturated heterocycles. The molecule has 2 aromatic carbocycles. The van der Waals surface area contributed by atoms with Crippen LogP contribution in [-0.2, 0) is 0 Å². The Balaban J connectivity index is 2.07. The zero-order chi connectivity index (χ0) is 14.9. The van der Waals surface area contributed by atoms with Gasteiger partial charge in [0, 0.05) is 13.1 Å². The summed E-state index contributed by atoms with van der Waals surface area (Å²) in [6.07, 6.45) is 0. The van der Waals surface area contributed by atoms with Crippen LogP contribution >= 0.6 is 0 Å². The Morgan fingerprint density at radius 2 is 1.29 bits per heavy atom. The molecule has 0 aliphatic rings. The molecule has 0 unspecified atom stereocenters. The van der Waals surface area contributed by atoms with Crippen molar-refractivity contribution < 1.29 is 0 Å². The van der Waals surface area contributed by atoms with Crippen LogP contribution in [-0.4, -0.2) is 31.1 Å². The fraction of sp³-hybridized carbons (Fsp3) is 0.368. The summed E-state index contributed by atoms with van der Waals surface area (Å²) in [5.74, 6) is 0. The van der Waals surface area contributed by atoms with Gasteiger partial charge < -0.3 is 10.2 Å². The van der Waals surface area contributed by atoms with Gasteiger partial charge in [-0.15, -0.1) is 0 Å². The third-order valence-electron chi connectivity index (χ3n) is 3.94.